The molecule has 0 N–H and O–H groups in total. The monoisotopic (exact) mass is 417 g/mol. The topological polar surface area (TPSA) is 39.8 Å². The molecule has 0 bridgehead atoms. The lowest BCUT2D eigenvalue weighted by molar-refractivity contribution is -0.138. The van der Waals surface area contributed by atoms with Gasteiger partial charge in [0, 0.05) is 23.8 Å². The Morgan fingerprint density at radius 2 is 1.72 bits per heavy atom. The van der Waals surface area contributed by atoms with Gasteiger partial charge in [0.05, 0.1) is 23.1 Å². The maximum Gasteiger partial charge on any atom is 0.417 e. The summed E-state index contributed by atoms with van der Waals surface area (Å²) in [6, 6.07) is 16.5. The van der Waals surface area contributed by atoms with Gasteiger partial charge in [-0.1, -0.05) is 41.9 Å². The molecule has 0 spiro atoms. The number of alkyl halides is 3. The van der Waals surface area contributed by atoms with Crippen molar-refractivity contribution in [2.75, 3.05) is 0 Å². The first kappa shape index (κ1) is 19.3. The fraction of sp³-hybridized carbons (Fsp3) is 0.143. The molecule has 0 aliphatic heterocycles. The van der Waals surface area contributed by atoms with Gasteiger partial charge in [0.25, 0.3) is 5.56 Å². The van der Waals surface area contributed by atoms with E-state index in [2.05, 4.69) is 4.98 Å². The molecule has 29 heavy (non-hydrogen) atoms. The molecule has 0 aliphatic carbocycles. The predicted octanol–water partition coefficient (Wildman–Crippen LogP) is 4.97. The number of pyridine rings is 1. The fourth-order valence-corrected chi connectivity index (χ4v) is 3.36. The number of fused-ring (bicyclic) bond motifs is 1. The van der Waals surface area contributed by atoms with Crippen LogP contribution < -0.4 is 5.56 Å². The lowest BCUT2D eigenvalue weighted by Crippen LogP contribution is -2.23. The first-order valence-electron chi connectivity index (χ1n) is 8.77. The largest absolute Gasteiger partial charge is 0.417 e. The third kappa shape index (κ3) is 4.05. The molecule has 4 rings (SSSR count). The number of halogens is 4. The minimum atomic E-state index is -4.53. The Hall–Kier alpha value is -3.06. The highest BCUT2D eigenvalue weighted by Gasteiger charge is 2.31. The first-order valence-corrected chi connectivity index (χ1v) is 9.15. The van der Waals surface area contributed by atoms with Crippen LogP contribution in [-0.4, -0.2) is 14.1 Å². The Bertz CT molecular complexity index is 1230. The van der Waals surface area contributed by atoms with Gasteiger partial charge < -0.3 is 9.13 Å². The van der Waals surface area contributed by atoms with E-state index in [1.54, 1.807) is 12.1 Å². The zero-order chi connectivity index (χ0) is 20.6. The van der Waals surface area contributed by atoms with E-state index < -0.39 is 17.3 Å². The Kier molecular flexibility index (Phi) is 4.92. The highest BCUT2D eigenvalue weighted by Crippen LogP contribution is 2.28. The Balaban J connectivity index is 1.81. The summed E-state index contributed by atoms with van der Waals surface area (Å²) in [4.78, 5) is 16.7. The summed E-state index contributed by atoms with van der Waals surface area (Å²) in [5, 5.41) is 0.504. The van der Waals surface area contributed by atoms with Crippen molar-refractivity contribution in [1.82, 2.24) is 14.1 Å². The molecule has 0 atom stereocenters. The molecule has 0 saturated heterocycles. The molecule has 2 aromatic carbocycles. The molecule has 4 nitrogen and oxygen atoms in total. The van der Waals surface area contributed by atoms with Crippen molar-refractivity contribution in [1.29, 1.82) is 0 Å². The Morgan fingerprint density at radius 1 is 0.966 bits per heavy atom. The molecule has 0 fully saturated rings. The van der Waals surface area contributed by atoms with Crippen molar-refractivity contribution < 1.29 is 13.2 Å². The summed E-state index contributed by atoms with van der Waals surface area (Å²) in [6.07, 6.45) is -3.71. The molecular weight excluding hydrogens is 403 g/mol. The number of hydrogen-bond acceptors (Lipinski definition) is 2. The van der Waals surface area contributed by atoms with Crippen LogP contribution in [0.1, 0.15) is 17.0 Å². The zero-order valence-electron chi connectivity index (χ0n) is 15.0. The Morgan fingerprint density at radius 3 is 2.45 bits per heavy atom. The van der Waals surface area contributed by atoms with E-state index >= 15 is 0 Å². The second-order valence-corrected chi connectivity index (χ2v) is 7.05. The van der Waals surface area contributed by atoms with Crippen molar-refractivity contribution in [3.8, 4) is 0 Å². The molecule has 4 aromatic rings. The smallest absolute Gasteiger partial charge is 0.322 e. The van der Waals surface area contributed by atoms with E-state index in [1.165, 1.54) is 0 Å². The third-order valence-corrected chi connectivity index (χ3v) is 4.83. The van der Waals surface area contributed by atoms with Crippen LogP contribution >= 0.6 is 11.6 Å². The van der Waals surface area contributed by atoms with Crippen LogP contribution in [0.2, 0.25) is 5.02 Å². The first-order chi connectivity index (χ1) is 13.8. The summed E-state index contributed by atoms with van der Waals surface area (Å²) < 4.78 is 42.1. The highest BCUT2D eigenvalue weighted by molar-refractivity contribution is 6.31. The molecule has 2 aromatic heterocycles. The molecule has 148 valence electrons. The maximum absolute atomic E-state index is 13.1. The predicted molar refractivity (Wildman–Crippen MR) is 105 cm³/mol. The van der Waals surface area contributed by atoms with Gasteiger partial charge in [0.2, 0.25) is 0 Å². The van der Waals surface area contributed by atoms with E-state index in [4.69, 9.17) is 11.6 Å². The van der Waals surface area contributed by atoms with Crippen LogP contribution in [0.3, 0.4) is 0 Å². The molecule has 2 heterocycles. The van der Waals surface area contributed by atoms with Crippen LogP contribution in [0.5, 0.6) is 0 Å². The molecule has 0 amide bonds. The van der Waals surface area contributed by atoms with Gasteiger partial charge in [-0.15, -0.1) is 0 Å². The average molecular weight is 418 g/mol. The number of benzene rings is 2. The minimum absolute atomic E-state index is 0.0954. The van der Waals surface area contributed by atoms with Gasteiger partial charge >= 0.3 is 6.18 Å². The number of hydrogen-bond donors (Lipinski definition) is 0. The standard InChI is InChI=1S/C21H15ClF3N3O/c22-16-7-8-18-17(10-16)26-19(28(18)11-14-4-2-1-3-5-14)13-27-12-15(21(23,24)25)6-9-20(27)29/h1-10,12H,11,13H2. The summed E-state index contributed by atoms with van der Waals surface area (Å²) in [5.74, 6) is 0.465. The van der Waals surface area contributed by atoms with Crippen molar-refractivity contribution in [2.45, 2.75) is 19.3 Å². The molecule has 0 unspecified atom stereocenters. The van der Waals surface area contributed by atoms with E-state index in [0.717, 1.165) is 34.0 Å². The molecule has 0 radical (unpaired) electrons. The molecule has 0 aliphatic rings. The van der Waals surface area contributed by atoms with Crippen LogP contribution in [0.4, 0.5) is 13.2 Å². The van der Waals surface area contributed by atoms with Gasteiger partial charge in [0.1, 0.15) is 5.82 Å². The van der Waals surface area contributed by atoms with Crippen LogP contribution in [0.25, 0.3) is 11.0 Å². The lowest BCUT2D eigenvalue weighted by Gasteiger charge is -2.13. The second-order valence-electron chi connectivity index (χ2n) is 6.61. The summed E-state index contributed by atoms with van der Waals surface area (Å²) in [5.41, 5.74) is 0.983. The third-order valence-electron chi connectivity index (χ3n) is 4.60. The normalized spacial score (nSPS) is 11.9. The zero-order valence-corrected chi connectivity index (χ0v) is 15.8. The van der Waals surface area contributed by atoms with Crippen LogP contribution in [-0.2, 0) is 19.3 Å². The second kappa shape index (κ2) is 7.40. The maximum atomic E-state index is 13.1. The van der Waals surface area contributed by atoms with Crippen molar-refractivity contribution >= 4 is 22.6 Å². The van der Waals surface area contributed by atoms with Gasteiger partial charge in [-0.25, -0.2) is 4.98 Å². The highest BCUT2D eigenvalue weighted by atomic mass is 35.5. The van der Waals surface area contributed by atoms with E-state index in [-0.39, 0.29) is 6.54 Å². The Labute approximate surface area is 168 Å². The van der Waals surface area contributed by atoms with Gasteiger partial charge in [-0.3, -0.25) is 4.79 Å². The van der Waals surface area contributed by atoms with Crippen LogP contribution in [0.15, 0.2) is 71.7 Å². The fourth-order valence-electron chi connectivity index (χ4n) is 3.19. The van der Waals surface area contributed by atoms with Gasteiger partial charge in [-0.2, -0.15) is 13.2 Å². The molecule has 0 saturated carbocycles. The van der Waals surface area contributed by atoms with E-state index in [1.807, 2.05) is 41.0 Å². The average Bonchev–Trinajstić information content (AvgIpc) is 2.99. The number of aromatic nitrogens is 3. The summed E-state index contributed by atoms with van der Waals surface area (Å²) in [6.45, 7) is 0.365. The van der Waals surface area contributed by atoms with E-state index in [0.29, 0.717) is 22.9 Å². The number of rotatable bonds is 4. The van der Waals surface area contributed by atoms with Crippen LogP contribution in [0, 0.1) is 0 Å². The van der Waals surface area contributed by atoms with Gasteiger partial charge in [-0.05, 0) is 29.8 Å². The van der Waals surface area contributed by atoms with Gasteiger partial charge in [0.15, 0.2) is 0 Å². The summed E-state index contributed by atoms with van der Waals surface area (Å²) in [7, 11) is 0. The lowest BCUT2D eigenvalue weighted by atomic mass is 10.2. The van der Waals surface area contributed by atoms with Crippen molar-refractivity contribution in [2.24, 2.45) is 0 Å². The van der Waals surface area contributed by atoms with Crippen molar-refractivity contribution in [3.05, 3.63) is 99.2 Å². The van der Waals surface area contributed by atoms with Crippen molar-refractivity contribution in [3.63, 3.8) is 0 Å². The van der Waals surface area contributed by atoms with E-state index in [9.17, 15) is 18.0 Å². The molecular formula is C21H15ClF3N3O. The summed E-state index contributed by atoms with van der Waals surface area (Å²) >= 11 is 6.07. The SMILES string of the molecule is O=c1ccc(C(F)(F)F)cn1Cc1nc2cc(Cl)ccc2n1Cc1ccccc1. The number of imidazole rings is 1. The number of nitrogens with zero attached hydrogens (tertiary/aromatic N) is 3. The molecule has 8 heteroatoms. The minimum Gasteiger partial charge on any atom is -0.322 e. The quantitative estimate of drug-likeness (QED) is 0.470.